The van der Waals surface area contributed by atoms with Gasteiger partial charge in [-0.05, 0) is 35.9 Å². The van der Waals surface area contributed by atoms with E-state index in [1.807, 2.05) is 0 Å². The number of nitrogens with zero attached hydrogens (tertiary/aromatic N) is 2. The van der Waals surface area contributed by atoms with Gasteiger partial charge in [-0.2, -0.15) is 4.72 Å². The highest BCUT2D eigenvalue weighted by Gasteiger charge is 2.28. The minimum absolute atomic E-state index is 0.0132. The second kappa shape index (κ2) is 7.79. The first-order valence-corrected chi connectivity index (χ1v) is 10.2. The van der Waals surface area contributed by atoms with E-state index in [0.29, 0.717) is 15.9 Å². The molecule has 27 heavy (non-hydrogen) atoms. The standard InChI is InChI=1S/C18H17BrFN3O3S/c1-23-10-9-21-18(23)17(12-3-6-14(20)7-4-12)22-27(24,25)16-11-13(19)5-8-15(16)26-2/h3-11,17,22H,1-2H3. The van der Waals surface area contributed by atoms with Crippen LogP contribution < -0.4 is 9.46 Å². The van der Waals surface area contributed by atoms with Crippen molar-refractivity contribution in [1.29, 1.82) is 0 Å². The Hall–Kier alpha value is -2.23. The number of halogens is 2. The van der Waals surface area contributed by atoms with Crippen molar-refractivity contribution in [1.82, 2.24) is 14.3 Å². The third-order valence-corrected chi connectivity index (χ3v) is 5.95. The van der Waals surface area contributed by atoms with E-state index in [1.165, 1.54) is 37.4 Å². The molecule has 0 fully saturated rings. The van der Waals surface area contributed by atoms with Gasteiger partial charge in [0.25, 0.3) is 0 Å². The van der Waals surface area contributed by atoms with Crippen molar-refractivity contribution in [3.63, 3.8) is 0 Å². The maximum absolute atomic E-state index is 13.3. The highest BCUT2D eigenvalue weighted by atomic mass is 79.9. The Labute approximate surface area is 165 Å². The monoisotopic (exact) mass is 453 g/mol. The third kappa shape index (κ3) is 4.20. The van der Waals surface area contributed by atoms with Gasteiger partial charge in [0.1, 0.15) is 28.3 Å². The first-order valence-electron chi connectivity index (χ1n) is 7.90. The van der Waals surface area contributed by atoms with Crippen LogP contribution in [-0.2, 0) is 17.1 Å². The first kappa shape index (κ1) is 19.5. The Kier molecular flexibility index (Phi) is 5.64. The molecule has 0 spiro atoms. The summed E-state index contributed by atoms with van der Waals surface area (Å²) in [4.78, 5) is 4.24. The lowest BCUT2D eigenvalue weighted by Gasteiger charge is -2.20. The summed E-state index contributed by atoms with van der Waals surface area (Å²) in [6.45, 7) is 0. The topological polar surface area (TPSA) is 73.2 Å². The summed E-state index contributed by atoms with van der Waals surface area (Å²) in [6, 6.07) is 9.50. The fourth-order valence-corrected chi connectivity index (χ4v) is 4.55. The molecule has 1 N–H and O–H groups in total. The minimum Gasteiger partial charge on any atom is -0.495 e. The van der Waals surface area contributed by atoms with Crippen LogP contribution in [-0.4, -0.2) is 25.1 Å². The van der Waals surface area contributed by atoms with E-state index in [-0.39, 0.29) is 10.6 Å². The Morgan fingerprint density at radius 1 is 1.22 bits per heavy atom. The van der Waals surface area contributed by atoms with Gasteiger partial charge in [-0.1, -0.05) is 28.1 Å². The maximum atomic E-state index is 13.3. The van der Waals surface area contributed by atoms with Gasteiger partial charge >= 0.3 is 0 Å². The Morgan fingerprint density at radius 2 is 1.93 bits per heavy atom. The van der Waals surface area contributed by atoms with E-state index in [4.69, 9.17) is 4.74 Å². The number of aromatic nitrogens is 2. The van der Waals surface area contributed by atoms with E-state index in [1.54, 1.807) is 36.1 Å². The number of aryl methyl sites for hydroxylation is 1. The maximum Gasteiger partial charge on any atom is 0.245 e. The molecule has 3 aromatic rings. The number of sulfonamides is 1. The lowest BCUT2D eigenvalue weighted by molar-refractivity contribution is 0.402. The third-order valence-electron chi connectivity index (χ3n) is 4.01. The molecule has 0 saturated heterocycles. The average Bonchev–Trinajstić information content (AvgIpc) is 3.06. The molecule has 0 radical (unpaired) electrons. The molecule has 1 unspecified atom stereocenters. The molecule has 3 rings (SSSR count). The molecule has 0 amide bonds. The van der Waals surface area contributed by atoms with Gasteiger partial charge in [0, 0.05) is 23.9 Å². The summed E-state index contributed by atoms with van der Waals surface area (Å²) >= 11 is 3.28. The number of rotatable bonds is 6. The van der Waals surface area contributed by atoms with Crippen LogP contribution in [0.2, 0.25) is 0 Å². The summed E-state index contributed by atoms with van der Waals surface area (Å²) in [5, 5.41) is 0. The lowest BCUT2D eigenvalue weighted by atomic mass is 10.1. The number of ether oxygens (including phenoxy) is 1. The smallest absolute Gasteiger partial charge is 0.245 e. The molecule has 0 aliphatic carbocycles. The van der Waals surface area contributed by atoms with Crippen LogP contribution in [0, 0.1) is 5.82 Å². The average molecular weight is 454 g/mol. The molecule has 2 aromatic carbocycles. The van der Waals surface area contributed by atoms with Crippen LogP contribution in [0.4, 0.5) is 4.39 Å². The van der Waals surface area contributed by atoms with Crippen molar-refractivity contribution in [3.05, 3.63) is 76.5 Å². The number of hydrogen-bond acceptors (Lipinski definition) is 4. The molecule has 142 valence electrons. The highest BCUT2D eigenvalue weighted by Crippen LogP contribution is 2.30. The summed E-state index contributed by atoms with van der Waals surface area (Å²) in [7, 11) is -0.820. The Bertz CT molecular complexity index is 1050. The van der Waals surface area contributed by atoms with Gasteiger partial charge in [0.15, 0.2) is 0 Å². The van der Waals surface area contributed by atoms with E-state index in [2.05, 4.69) is 25.6 Å². The van der Waals surface area contributed by atoms with Crippen molar-refractivity contribution >= 4 is 26.0 Å². The second-order valence-corrected chi connectivity index (χ2v) is 8.40. The zero-order chi connectivity index (χ0) is 19.6. The first-order chi connectivity index (χ1) is 12.8. The van der Waals surface area contributed by atoms with Crippen molar-refractivity contribution in [2.24, 2.45) is 7.05 Å². The largest absolute Gasteiger partial charge is 0.495 e. The van der Waals surface area contributed by atoms with Crippen molar-refractivity contribution in [2.75, 3.05) is 7.11 Å². The van der Waals surface area contributed by atoms with Gasteiger partial charge in [0.2, 0.25) is 10.0 Å². The van der Waals surface area contributed by atoms with Gasteiger partial charge < -0.3 is 9.30 Å². The molecule has 0 aliphatic heterocycles. The van der Waals surface area contributed by atoms with Crippen molar-refractivity contribution < 1.29 is 17.5 Å². The van der Waals surface area contributed by atoms with Crippen LogP contribution in [0.15, 0.2) is 64.2 Å². The van der Waals surface area contributed by atoms with Crippen LogP contribution in [0.1, 0.15) is 17.4 Å². The highest BCUT2D eigenvalue weighted by molar-refractivity contribution is 9.10. The number of imidazole rings is 1. The summed E-state index contributed by atoms with van der Waals surface area (Å²) in [6.07, 6.45) is 3.28. The molecule has 6 nitrogen and oxygen atoms in total. The van der Waals surface area contributed by atoms with Gasteiger partial charge in [0.05, 0.1) is 7.11 Å². The van der Waals surface area contributed by atoms with Crippen LogP contribution >= 0.6 is 15.9 Å². The van der Waals surface area contributed by atoms with E-state index < -0.39 is 21.9 Å². The summed E-state index contributed by atoms with van der Waals surface area (Å²) < 4.78 is 49.7. The summed E-state index contributed by atoms with van der Waals surface area (Å²) in [5.41, 5.74) is 0.559. The van der Waals surface area contributed by atoms with E-state index >= 15 is 0 Å². The normalized spacial score (nSPS) is 12.7. The van der Waals surface area contributed by atoms with Crippen molar-refractivity contribution in [2.45, 2.75) is 10.9 Å². The van der Waals surface area contributed by atoms with Gasteiger partial charge in [-0.15, -0.1) is 0 Å². The number of nitrogens with one attached hydrogen (secondary N) is 1. The Morgan fingerprint density at radius 3 is 2.52 bits per heavy atom. The SMILES string of the molecule is COc1ccc(Br)cc1S(=O)(=O)NC(c1ccc(F)cc1)c1nccn1C. The van der Waals surface area contributed by atoms with Crippen LogP contribution in [0.3, 0.4) is 0 Å². The fourth-order valence-electron chi connectivity index (χ4n) is 2.66. The predicted octanol–water partition coefficient (Wildman–Crippen LogP) is 3.40. The molecule has 0 bridgehead atoms. The molecule has 1 atom stereocenters. The second-order valence-electron chi connectivity index (χ2n) is 5.80. The van der Waals surface area contributed by atoms with Gasteiger partial charge in [-0.3, -0.25) is 0 Å². The molecule has 0 saturated carbocycles. The van der Waals surface area contributed by atoms with Crippen LogP contribution in [0.5, 0.6) is 5.75 Å². The lowest BCUT2D eigenvalue weighted by Crippen LogP contribution is -2.31. The summed E-state index contributed by atoms with van der Waals surface area (Å²) in [5.74, 6) is 0.274. The van der Waals surface area contributed by atoms with E-state index in [0.717, 1.165) is 0 Å². The molecular weight excluding hydrogens is 437 g/mol. The Balaban J connectivity index is 2.08. The molecule has 1 aromatic heterocycles. The number of benzene rings is 2. The fraction of sp³-hybridized carbons (Fsp3) is 0.167. The number of methoxy groups -OCH3 is 1. The minimum atomic E-state index is -3.98. The van der Waals surface area contributed by atoms with Crippen LogP contribution in [0.25, 0.3) is 0 Å². The number of hydrogen-bond donors (Lipinski definition) is 1. The van der Waals surface area contributed by atoms with Gasteiger partial charge in [-0.25, -0.2) is 17.8 Å². The molecule has 1 heterocycles. The molecule has 9 heteroatoms. The van der Waals surface area contributed by atoms with E-state index in [9.17, 15) is 12.8 Å². The molecular formula is C18H17BrFN3O3S. The zero-order valence-corrected chi connectivity index (χ0v) is 17.0. The quantitative estimate of drug-likeness (QED) is 0.620. The zero-order valence-electron chi connectivity index (χ0n) is 14.6. The predicted molar refractivity (Wildman–Crippen MR) is 102 cm³/mol. The van der Waals surface area contributed by atoms with Crippen molar-refractivity contribution in [3.8, 4) is 5.75 Å². The molecule has 0 aliphatic rings.